The van der Waals surface area contributed by atoms with Crippen LogP contribution in [0.5, 0.6) is 0 Å². The predicted octanol–water partition coefficient (Wildman–Crippen LogP) is 1.03. The number of ether oxygens (including phenoxy) is 1. The molecule has 1 fully saturated rings. The molecule has 2 heterocycles. The third-order valence-corrected chi connectivity index (χ3v) is 2.63. The molecule has 1 saturated heterocycles. The molecule has 0 aliphatic carbocycles. The maximum Gasteiger partial charge on any atom is 0.269 e. The number of aromatic nitrogens is 1. The number of nitrogens with one attached hydrogen (secondary N) is 2. The largest absolute Gasteiger partial charge is 0.380 e. The zero-order chi connectivity index (χ0) is 12.1. The molecule has 92 valence electrons. The Balaban J connectivity index is 2.02. The molecule has 2 N–H and O–H groups in total. The Hall–Kier alpha value is -1.62. The standard InChI is InChI=1S/C12H17N3O2/c1-2-13-12(16)11-7-9(3-5-14-11)15-10-4-6-17-8-10/h3,5,7,10H,2,4,6,8H2,1H3,(H,13,16)(H,14,15). The van der Waals surface area contributed by atoms with Gasteiger partial charge >= 0.3 is 0 Å². The highest BCUT2D eigenvalue weighted by molar-refractivity contribution is 5.93. The molecule has 0 aromatic carbocycles. The van der Waals surface area contributed by atoms with Gasteiger partial charge < -0.3 is 15.4 Å². The summed E-state index contributed by atoms with van der Waals surface area (Å²) in [5, 5.41) is 6.06. The normalized spacial score (nSPS) is 19.0. The minimum Gasteiger partial charge on any atom is -0.380 e. The molecule has 0 spiro atoms. The van der Waals surface area contributed by atoms with Crippen LogP contribution in [0.15, 0.2) is 18.3 Å². The molecular formula is C12H17N3O2. The fraction of sp³-hybridized carbons (Fsp3) is 0.500. The number of carbonyl (C=O) groups is 1. The lowest BCUT2D eigenvalue weighted by Gasteiger charge is -2.12. The van der Waals surface area contributed by atoms with Gasteiger partial charge in [-0.3, -0.25) is 9.78 Å². The van der Waals surface area contributed by atoms with Gasteiger partial charge in [0.15, 0.2) is 0 Å². The molecule has 1 amide bonds. The average molecular weight is 235 g/mol. The number of rotatable bonds is 4. The van der Waals surface area contributed by atoms with E-state index in [1.165, 1.54) is 0 Å². The number of amides is 1. The van der Waals surface area contributed by atoms with E-state index in [4.69, 9.17) is 4.74 Å². The summed E-state index contributed by atoms with van der Waals surface area (Å²) in [5.74, 6) is -0.140. The van der Waals surface area contributed by atoms with Crippen molar-refractivity contribution in [2.75, 3.05) is 25.1 Å². The topological polar surface area (TPSA) is 63.2 Å². The van der Waals surface area contributed by atoms with Crippen molar-refractivity contribution in [3.63, 3.8) is 0 Å². The molecule has 1 atom stereocenters. The zero-order valence-corrected chi connectivity index (χ0v) is 9.90. The highest BCUT2D eigenvalue weighted by atomic mass is 16.5. The SMILES string of the molecule is CCNC(=O)c1cc(NC2CCOC2)ccn1. The number of pyridine rings is 1. The Morgan fingerprint density at radius 1 is 1.65 bits per heavy atom. The summed E-state index contributed by atoms with van der Waals surface area (Å²) in [6.45, 7) is 4.01. The van der Waals surface area contributed by atoms with Crippen molar-refractivity contribution in [1.29, 1.82) is 0 Å². The van der Waals surface area contributed by atoms with Crippen LogP contribution in [-0.2, 0) is 4.74 Å². The van der Waals surface area contributed by atoms with Gasteiger partial charge in [-0.05, 0) is 25.5 Å². The van der Waals surface area contributed by atoms with E-state index in [1.54, 1.807) is 12.3 Å². The number of anilines is 1. The summed E-state index contributed by atoms with van der Waals surface area (Å²) < 4.78 is 5.29. The van der Waals surface area contributed by atoms with Crippen molar-refractivity contribution >= 4 is 11.6 Å². The third kappa shape index (κ3) is 3.17. The summed E-state index contributed by atoms with van der Waals surface area (Å²) in [4.78, 5) is 15.7. The van der Waals surface area contributed by atoms with E-state index in [2.05, 4.69) is 15.6 Å². The molecule has 1 aliphatic heterocycles. The van der Waals surface area contributed by atoms with Gasteiger partial charge in [-0.25, -0.2) is 0 Å². The summed E-state index contributed by atoms with van der Waals surface area (Å²) in [7, 11) is 0. The molecular weight excluding hydrogens is 218 g/mol. The van der Waals surface area contributed by atoms with Crippen molar-refractivity contribution in [2.24, 2.45) is 0 Å². The fourth-order valence-electron chi connectivity index (χ4n) is 1.78. The first-order chi connectivity index (χ1) is 8.29. The molecule has 0 saturated carbocycles. The van der Waals surface area contributed by atoms with Crippen molar-refractivity contribution < 1.29 is 9.53 Å². The quantitative estimate of drug-likeness (QED) is 0.818. The zero-order valence-electron chi connectivity index (χ0n) is 9.90. The lowest BCUT2D eigenvalue weighted by Crippen LogP contribution is -2.24. The number of hydrogen-bond donors (Lipinski definition) is 2. The second kappa shape index (κ2) is 5.63. The van der Waals surface area contributed by atoms with Gasteiger partial charge in [-0.2, -0.15) is 0 Å². The van der Waals surface area contributed by atoms with Gasteiger partial charge in [0.05, 0.1) is 12.6 Å². The maximum absolute atomic E-state index is 11.6. The molecule has 0 bridgehead atoms. The van der Waals surface area contributed by atoms with E-state index in [9.17, 15) is 4.79 Å². The number of hydrogen-bond acceptors (Lipinski definition) is 4. The Morgan fingerprint density at radius 3 is 3.24 bits per heavy atom. The van der Waals surface area contributed by atoms with Crippen molar-refractivity contribution in [3.8, 4) is 0 Å². The molecule has 1 unspecified atom stereocenters. The van der Waals surface area contributed by atoms with Crippen LogP contribution in [0.1, 0.15) is 23.8 Å². The molecule has 1 aromatic heterocycles. The van der Waals surface area contributed by atoms with Crippen LogP contribution in [0, 0.1) is 0 Å². The Kier molecular flexibility index (Phi) is 3.93. The molecule has 2 rings (SSSR count). The van der Waals surface area contributed by atoms with Gasteiger partial charge in [0, 0.05) is 25.0 Å². The lowest BCUT2D eigenvalue weighted by atomic mass is 10.2. The van der Waals surface area contributed by atoms with Crippen molar-refractivity contribution in [1.82, 2.24) is 10.3 Å². The second-order valence-corrected chi connectivity index (χ2v) is 3.99. The molecule has 17 heavy (non-hydrogen) atoms. The van der Waals surface area contributed by atoms with E-state index in [0.29, 0.717) is 18.3 Å². The van der Waals surface area contributed by atoms with E-state index >= 15 is 0 Å². The van der Waals surface area contributed by atoms with E-state index in [1.807, 2.05) is 13.0 Å². The first-order valence-corrected chi connectivity index (χ1v) is 5.88. The Bertz CT molecular complexity index is 389. The van der Waals surface area contributed by atoms with E-state index in [-0.39, 0.29) is 5.91 Å². The van der Waals surface area contributed by atoms with Gasteiger partial charge in [0.1, 0.15) is 5.69 Å². The summed E-state index contributed by atoms with van der Waals surface area (Å²) in [5.41, 5.74) is 1.35. The Morgan fingerprint density at radius 2 is 2.53 bits per heavy atom. The summed E-state index contributed by atoms with van der Waals surface area (Å²) in [6, 6.07) is 3.96. The van der Waals surface area contributed by atoms with Crippen LogP contribution in [0.4, 0.5) is 5.69 Å². The minimum absolute atomic E-state index is 0.140. The van der Waals surface area contributed by atoms with Gasteiger partial charge in [-0.15, -0.1) is 0 Å². The second-order valence-electron chi connectivity index (χ2n) is 3.99. The molecule has 1 aliphatic rings. The van der Waals surface area contributed by atoms with Crippen LogP contribution in [0.2, 0.25) is 0 Å². The Labute approximate surface area is 101 Å². The van der Waals surface area contributed by atoms with Crippen LogP contribution >= 0.6 is 0 Å². The predicted molar refractivity (Wildman–Crippen MR) is 65.1 cm³/mol. The van der Waals surface area contributed by atoms with Crippen LogP contribution in [0.3, 0.4) is 0 Å². The molecule has 1 aromatic rings. The van der Waals surface area contributed by atoms with Gasteiger partial charge in [0.2, 0.25) is 0 Å². The van der Waals surface area contributed by atoms with E-state index in [0.717, 1.165) is 25.3 Å². The number of carbonyl (C=O) groups excluding carboxylic acids is 1. The number of nitrogens with zero attached hydrogens (tertiary/aromatic N) is 1. The highest BCUT2D eigenvalue weighted by Gasteiger charge is 2.15. The highest BCUT2D eigenvalue weighted by Crippen LogP contribution is 2.14. The summed E-state index contributed by atoms with van der Waals surface area (Å²) >= 11 is 0. The average Bonchev–Trinajstić information content (AvgIpc) is 2.82. The first-order valence-electron chi connectivity index (χ1n) is 5.88. The molecule has 0 radical (unpaired) electrons. The molecule has 5 nitrogen and oxygen atoms in total. The molecule has 5 heteroatoms. The van der Waals surface area contributed by atoms with Crippen molar-refractivity contribution in [2.45, 2.75) is 19.4 Å². The van der Waals surface area contributed by atoms with Crippen LogP contribution in [-0.4, -0.2) is 36.7 Å². The van der Waals surface area contributed by atoms with Crippen LogP contribution in [0.25, 0.3) is 0 Å². The van der Waals surface area contributed by atoms with Gasteiger partial charge in [-0.1, -0.05) is 0 Å². The monoisotopic (exact) mass is 235 g/mol. The van der Waals surface area contributed by atoms with Crippen LogP contribution < -0.4 is 10.6 Å². The first kappa shape index (κ1) is 11.9. The maximum atomic E-state index is 11.6. The summed E-state index contributed by atoms with van der Waals surface area (Å²) in [6.07, 6.45) is 2.64. The smallest absolute Gasteiger partial charge is 0.269 e. The van der Waals surface area contributed by atoms with Crippen molar-refractivity contribution in [3.05, 3.63) is 24.0 Å². The fourth-order valence-corrected chi connectivity index (χ4v) is 1.78. The lowest BCUT2D eigenvalue weighted by molar-refractivity contribution is 0.0951. The third-order valence-electron chi connectivity index (χ3n) is 2.63. The minimum atomic E-state index is -0.140. The van der Waals surface area contributed by atoms with Gasteiger partial charge in [0.25, 0.3) is 5.91 Å². The van der Waals surface area contributed by atoms with E-state index < -0.39 is 0 Å².